The van der Waals surface area contributed by atoms with Crippen LogP contribution in [0.25, 0.3) is 0 Å². The van der Waals surface area contributed by atoms with E-state index >= 15 is 0 Å². The number of hydrogen-bond donors (Lipinski definition) is 2. The minimum Gasteiger partial charge on any atom is -0.497 e. The molecule has 0 radical (unpaired) electrons. The number of guanidine groups is 1. The summed E-state index contributed by atoms with van der Waals surface area (Å²) in [4.78, 5) is 4.27. The maximum atomic E-state index is 13.2. The average molecular weight is 359 g/mol. The van der Waals surface area contributed by atoms with Gasteiger partial charge in [-0.2, -0.15) is 13.2 Å². The van der Waals surface area contributed by atoms with Crippen molar-refractivity contribution in [3.63, 3.8) is 0 Å². The summed E-state index contributed by atoms with van der Waals surface area (Å²) in [5.41, 5.74) is -0.631. The number of hydrogen-bond acceptors (Lipinski definition) is 3. The predicted molar refractivity (Wildman–Crippen MR) is 89.8 cm³/mol. The fraction of sp³-hybridized carbons (Fsp3) is 0.588. The van der Waals surface area contributed by atoms with Crippen LogP contribution in [0.3, 0.4) is 0 Å². The number of ether oxygens (including phenoxy) is 2. The highest BCUT2D eigenvalue weighted by Crippen LogP contribution is 2.34. The van der Waals surface area contributed by atoms with Gasteiger partial charge in [0.25, 0.3) is 0 Å². The molecule has 5 nitrogen and oxygen atoms in total. The van der Waals surface area contributed by atoms with Crippen LogP contribution in [0, 0.1) is 0 Å². The minimum atomic E-state index is -4.46. The molecular weight excluding hydrogens is 335 g/mol. The molecule has 2 N–H and O–H groups in total. The molecule has 1 aromatic rings. The summed E-state index contributed by atoms with van der Waals surface area (Å²) < 4.78 is 50.1. The standard InChI is InChI=1S/C17H24F3N3O2/c1-3-21-16(23-11-14-5-4-8-25-14)22-10-12-6-7-13(24-2)9-15(12)17(18,19)20/h6-7,9,14H,3-5,8,10-11H2,1-2H3,(H2,21,22,23). The van der Waals surface area contributed by atoms with E-state index in [0.29, 0.717) is 19.0 Å². The van der Waals surface area contributed by atoms with E-state index in [1.54, 1.807) is 0 Å². The van der Waals surface area contributed by atoms with Crippen molar-refractivity contribution in [1.29, 1.82) is 0 Å². The first-order chi connectivity index (χ1) is 11.9. The van der Waals surface area contributed by atoms with E-state index in [9.17, 15) is 13.2 Å². The van der Waals surface area contributed by atoms with Gasteiger partial charge in [-0.15, -0.1) is 0 Å². The molecule has 0 saturated carbocycles. The van der Waals surface area contributed by atoms with Crippen molar-refractivity contribution in [2.24, 2.45) is 4.99 Å². The number of nitrogens with one attached hydrogen (secondary N) is 2. The highest BCUT2D eigenvalue weighted by molar-refractivity contribution is 5.79. The largest absolute Gasteiger partial charge is 0.497 e. The van der Waals surface area contributed by atoms with Crippen LogP contribution in [0.1, 0.15) is 30.9 Å². The third-order valence-corrected chi connectivity index (χ3v) is 3.90. The van der Waals surface area contributed by atoms with Crippen LogP contribution < -0.4 is 15.4 Å². The fourth-order valence-electron chi connectivity index (χ4n) is 2.61. The molecule has 0 aliphatic carbocycles. The number of nitrogens with zero attached hydrogens (tertiary/aromatic N) is 1. The van der Waals surface area contributed by atoms with Crippen molar-refractivity contribution < 1.29 is 22.6 Å². The molecule has 1 aromatic carbocycles. The quantitative estimate of drug-likeness (QED) is 0.606. The Hall–Kier alpha value is -1.96. The first kappa shape index (κ1) is 19.4. The molecule has 1 aliphatic heterocycles. The Morgan fingerprint density at radius 1 is 1.36 bits per heavy atom. The van der Waals surface area contributed by atoms with Gasteiger partial charge in [0.15, 0.2) is 5.96 Å². The second-order valence-electron chi connectivity index (χ2n) is 5.73. The van der Waals surface area contributed by atoms with E-state index in [2.05, 4.69) is 15.6 Å². The number of rotatable bonds is 6. The van der Waals surface area contributed by atoms with Crippen LogP contribution >= 0.6 is 0 Å². The SMILES string of the molecule is CCNC(=NCc1ccc(OC)cc1C(F)(F)F)NCC1CCCO1. The fourth-order valence-corrected chi connectivity index (χ4v) is 2.61. The van der Waals surface area contributed by atoms with Crippen molar-refractivity contribution in [1.82, 2.24) is 10.6 Å². The van der Waals surface area contributed by atoms with Crippen LogP contribution in [0.5, 0.6) is 5.75 Å². The number of methoxy groups -OCH3 is 1. The van der Waals surface area contributed by atoms with Gasteiger partial charge in [0, 0.05) is 19.7 Å². The Labute approximate surface area is 145 Å². The lowest BCUT2D eigenvalue weighted by atomic mass is 10.1. The van der Waals surface area contributed by atoms with E-state index < -0.39 is 11.7 Å². The lowest BCUT2D eigenvalue weighted by Gasteiger charge is -2.16. The van der Waals surface area contributed by atoms with Gasteiger partial charge in [0.1, 0.15) is 5.75 Å². The Kier molecular flexibility index (Phi) is 6.92. The van der Waals surface area contributed by atoms with Crippen LogP contribution in [-0.4, -0.2) is 38.9 Å². The number of halogens is 3. The zero-order valence-electron chi connectivity index (χ0n) is 14.4. The Morgan fingerprint density at radius 2 is 2.16 bits per heavy atom. The predicted octanol–water partition coefficient (Wildman–Crippen LogP) is 2.95. The van der Waals surface area contributed by atoms with Gasteiger partial charge in [-0.25, -0.2) is 4.99 Å². The summed E-state index contributed by atoms with van der Waals surface area (Å²) in [7, 11) is 1.34. The molecule has 1 heterocycles. The van der Waals surface area contributed by atoms with Gasteiger partial charge in [-0.1, -0.05) is 6.07 Å². The number of aliphatic imine (C=N–C) groups is 1. The van der Waals surface area contributed by atoms with Crippen LogP contribution in [0.15, 0.2) is 23.2 Å². The second-order valence-corrected chi connectivity index (χ2v) is 5.73. The molecule has 0 bridgehead atoms. The van der Waals surface area contributed by atoms with Gasteiger partial charge in [0.05, 0.1) is 25.3 Å². The van der Waals surface area contributed by atoms with Gasteiger partial charge in [-0.05, 0) is 37.5 Å². The van der Waals surface area contributed by atoms with Gasteiger partial charge in [-0.3, -0.25) is 0 Å². The third-order valence-electron chi connectivity index (χ3n) is 3.90. The Bertz CT molecular complexity index is 585. The van der Waals surface area contributed by atoms with Crippen molar-refractivity contribution in [3.8, 4) is 5.75 Å². The number of benzene rings is 1. The first-order valence-corrected chi connectivity index (χ1v) is 8.32. The molecule has 25 heavy (non-hydrogen) atoms. The van der Waals surface area contributed by atoms with E-state index in [4.69, 9.17) is 9.47 Å². The smallest absolute Gasteiger partial charge is 0.416 e. The average Bonchev–Trinajstić information content (AvgIpc) is 3.10. The van der Waals surface area contributed by atoms with Crippen molar-refractivity contribution in [2.75, 3.05) is 26.8 Å². The molecule has 0 spiro atoms. The molecule has 0 amide bonds. The summed E-state index contributed by atoms with van der Waals surface area (Å²) in [5.74, 6) is 0.644. The Morgan fingerprint density at radius 3 is 2.76 bits per heavy atom. The zero-order valence-corrected chi connectivity index (χ0v) is 14.4. The van der Waals surface area contributed by atoms with Gasteiger partial charge >= 0.3 is 6.18 Å². The van der Waals surface area contributed by atoms with Crippen molar-refractivity contribution in [2.45, 2.75) is 38.6 Å². The maximum Gasteiger partial charge on any atom is 0.416 e. The van der Waals surface area contributed by atoms with E-state index in [-0.39, 0.29) is 24.0 Å². The molecule has 0 aromatic heterocycles. The summed E-state index contributed by atoms with van der Waals surface area (Å²) in [6.07, 6.45) is -2.33. The summed E-state index contributed by atoms with van der Waals surface area (Å²) in [5, 5.41) is 6.16. The van der Waals surface area contributed by atoms with E-state index in [1.807, 2.05) is 6.92 Å². The number of alkyl halides is 3. The van der Waals surface area contributed by atoms with E-state index in [1.165, 1.54) is 19.2 Å². The maximum absolute atomic E-state index is 13.2. The molecule has 1 atom stereocenters. The van der Waals surface area contributed by atoms with Crippen LogP contribution in [0.2, 0.25) is 0 Å². The molecular formula is C17H24F3N3O2. The minimum absolute atomic E-state index is 0.0836. The van der Waals surface area contributed by atoms with Crippen molar-refractivity contribution >= 4 is 5.96 Å². The van der Waals surface area contributed by atoms with E-state index in [0.717, 1.165) is 25.5 Å². The summed E-state index contributed by atoms with van der Waals surface area (Å²) in [6, 6.07) is 3.90. The lowest BCUT2D eigenvalue weighted by Crippen LogP contribution is -2.41. The van der Waals surface area contributed by atoms with Crippen LogP contribution in [0.4, 0.5) is 13.2 Å². The normalized spacial score (nSPS) is 18.3. The molecule has 1 fully saturated rings. The molecule has 1 saturated heterocycles. The van der Waals surface area contributed by atoms with Crippen LogP contribution in [-0.2, 0) is 17.5 Å². The third kappa shape index (κ3) is 5.81. The second kappa shape index (κ2) is 8.94. The molecule has 1 unspecified atom stereocenters. The summed E-state index contributed by atoms with van der Waals surface area (Å²) in [6.45, 7) is 3.77. The van der Waals surface area contributed by atoms with Gasteiger partial charge < -0.3 is 20.1 Å². The molecule has 1 aliphatic rings. The highest BCUT2D eigenvalue weighted by Gasteiger charge is 2.33. The zero-order chi connectivity index (χ0) is 18.3. The molecule has 2 rings (SSSR count). The van der Waals surface area contributed by atoms with Crippen molar-refractivity contribution in [3.05, 3.63) is 29.3 Å². The van der Waals surface area contributed by atoms with Gasteiger partial charge in [0.2, 0.25) is 0 Å². The monoisotopic (exact) mass is 359 g/mol. The molecule has 8 heteroatoms. The topological polar surface area (TPSA) is 54.9 Å². The molecule has 140 valence electrons. The highest BCUT2D eigenvalue weighted by atomic mass is 19.4. The first-order valence-electron chi connectivity index (χ1n) is 8.32. The lowest BCUT2D eigenvalue weighted by molar-refractivity contribution is -0.138. The Balaban J connectivity index is 2.10. The summed E-state index contributed by atoms with van der Waals surface area (Å²) >= 11 is 0.